The van der Waals surface area contributed by atoms with Crippen LogP contribution in [0.5, 0.6) is 5.75 Å². The molecular formula is C18H17ClF3NO2. The molecule has 0 spiro atoms. The third-order valence-electron chi connectivity index (χ3n) is 3.47. The highest BCUT2D eigenvalue weighted by molar-refractivity contribution is 6.33. The Bertz CT molecular complexity index is 747. The van der Waals surface area contributed by atoms with E-state index in [-0.39, 0.29) is 17.1 Å². The van der Waals surface area contributed by atoms with Gasteiger partial charge in [0.05, 0.1) is 22.9 Å². The van der Waals surface area contributed by atoms with Crippen LogP contribution < -0.4 is 10.1 Å². The maximum Gasteiger partial charge on any atom is 0.416 e. The van der Waals surface area contributed by atoms with Crippen LogP contribution >= 0.6 is 11.6 Å². The number of halogens is 4. The van der Waals surface area contributed by atoms with Gasteiger partial charge in [-0.3, -0.25) is 4.79 Å². The van der Waals surface area contributed by atoms with E-state index in [1.165, 1.54) is 0 Å². The minimum absolute atomic E-state index is 0.0533. The van der Waals surface area contributed by atoms with Gasteiger partial charge in [-0.2, -0.15) is 13.2 Å². The van der Waals surface area contributed by atoms with Gasteiger partial charge in [-0.15, -0.1) is 0 Å². The Balaban J connectivity index is 1.85. The number of carbonyl (C=O) groups is 1. The standard InChI is InChI=1S/C18H17ClF3NO2/c1-12-5-2-3-6-16(12)25-10-4-7-17(24)23-15-11-13(18(20,21)22)8-9-14(15)19/h2-3,5-6,8-9,11H,4,7,10H2,1H3,(H,23,24). The van der Waals surface area contributed by atoms with Crippen molar-refractivity contribution < 1.29 is 22.7 Å². The quantitative estimate of drug-likeness (QED) is 0.684. The Morgan fingerprint density at radius 2 is 1.92 bits per heavy atom. The Hall–Kier alpha value is -2.21. The third-order valence-corrected chi connectivity index (χ3v) is 3.80. The first-order valence-corrected chi connectivity index (χ1v) is 8.00. The van der Waals surface area contributed by atoms with Crippen molar-refractivity contribution in [2.24, 2.45) is 0 Å². The van der Waals surface area contributed by atoms with E-state index in [0.29, 0.717) is 13.0 Å². The molecule has 1 amide bonds. The number of hydrogen-bond donors (Lipinski definition) is 1. The largest absolute Gasteiger partial charge is 0.493 e. The molecule has 1 N–H and O–H groups in total. The maximum atomic E-state index is 12.7. The number of ether oxygens (including phenoxy) is 1. The lowest BCUT2D eigenvalue weighted by molar-refractivity contribution is -0.137. The summed E-state index contributed by atoms with van der Waals surface area (Å²) in [6, 6.07) is 10.3. The number of aryl methyl sites for hydroxylation is 1. The number of hydrogen-bond acceptors (Lipinski definition) is 2. The molecule has 0 atom stereocenters. The van der Waals surface area contributed by atoms with Gasteiger partial charge in [0, 0.05) is 6.42 Å². The van der Waals surface area contributed by atoms with Crippen molar-refractivity contribution >= 4 is 23.2 Å². The summed E-state index contributed by atoms with van der Waals surface area (Å²) in [7, 11) is 0. The molecule has 0 unspecified atom stereocenters. The summed E-state index contributed by atoms with van der Waals surface area (Å²) >= 11 is 5.84. The molecule has 2 rings (SSSR count). The predicted octanol–water partition coefficient (Wildman–Crippen LogP) is 5.46. The van der Waals surface area contributed by atoms with Gasteiger partial charge in [0.15, 0.2) is 0 Å². The maximum absolute atomic E-state index is 12.7. The SMILES string of the molecule is Cc1ccccc1OCCCC(=O)Nc1cc(C(F)(F)F)ccc1Cl. The van der Waals surface area contributed by atoms with E-state index in [4.69, 9.17) is 16.3 Å². The van der Waals surface area contributed by atoms with Gasteiger partial charge in [-0.1, -0.05) is 29.8 Å². The van der Waals surface area contributed by atoms with Gasteiger partial charge in [0.2, 0.25) is 5.91 Å². The monoisotopic (exact) mass is 371 g/mol. The molecule has 0 saturated heterocycles. The number of nitrogens with one attached hydrogen (secondary N) is 1. The molecule has 3 nitrogen and oxygen atoms in total. The van der Waals surface area contributed by atoms with Crippen LogP contribution in [0.4, 0.5) is 18.9 Å². The molecule has 7 heteroatoms. The van der Waals surface area contributed by atoms with Crippen LogP contribution in [0.1, 0.15) is 24.0 Å². The summed E-state index contributed by atoms with van der Waals surface area (Å²) in [5, 5.41) is 2.46. The zero-order valence-corrected chi connectivity index (χ0v) is 14.2. The molecule has 2 aromatic carbocycles. The Morgan fingerprint density at radius 1 is 1.20 bits per heavy atom. The molecule has 25 heavy (non-hydrogen) atoms. The topological polar surface area (TPSA) is 38.3 Å². The van der Waals surface area contributed by atoms with E-state index < -0.39 is 17.6 Å². The van der Waals surface area contributed by atoms with E-state index in [9.17, 15) is 18.0 Å². The summed E-state index contributed by atoms with van der Waals surface area (Å²) < 4.78 is 43.7. The van der Waals surface area contributed by atoms with Gasteiger partial charge in [0.1, 0.15) is 5.75 Å². The van der Waals surface area contributed by atoms with Gasteiger partial charge >= 0.3 is 6.18 Å². The van der Waals surface area contributed by atoms with Crippen LogP contribution in [-0.2, 0) is 11.0 Å². The van der Waals surface area contributed by atoms with E-state index in [1.54, 1.807) is 0 Å². The number of benzene rings is 2. The van der Waals surface area contributed by atoms with Gasteiger partial charge < -0.3 is 10.1 Å². The molecule has 0 aliphatic heterocycles. The number of rotatable bonds is 6. The van der Waals surface area contributed by atoms with Crippen LogP contribution in [-0.4, -0.2) is 12.5 Å². The summed E-state index contributed by atoms with van der Waals surface area (Å²) in [6.07, 6.45) is -3.96. The van der Waals surface area contributed by atoms with Gasteiger partial charge in [-0.05, 0) is 43.2 Å². The highest BCUT2D eigenvalue weighted by Gasteiger charge is 2.31. The smallest absolute Gasteiger partial charge is 0.416 e. The lowest BCUT2D eigenvalue weighted by Crippen LogP contribution is -2.14. The Kier molecular flexibility index (Phi) is 6.31. The second-order valence-corrected chi connectivity index (χ2v) is 5.87. The van der Waals surface area contributed by atoms with Crippen molar-refractivity contribution in [1.29, 1.82) is 0 Å². The van der Waals surface area contributed by atoms with Crippen LogP contribution in [0.2, 0.25) is 5.02 Å². The molecule has 134 valence electrons. The molecule has 0 fully saturated rings. The third kappa shape index (κ3) is 5.67. The first kappa shape index (κ1) is 19.1. The molecular weight excluding hydrogens is 355 g/mol. The molecule has 0 bridgehead atoms. The van der Waals surface area contributed by atoms with Crippen LogP contribution in [0.25, 0.3) is 0 Å². The van der Waals surface area contributed by atoms with E-state index in [1.807, 2.05) is 31.2 Å². The fourth-order valence-electron chi connectivity index (χ4n) is 2.14. The Morgan fingerprint density at radius 3 is 2.60 bits per heavy atom. The van der Waals surface area contributed by atoms with Crippen molar-refractivity contribution in [2.75, 3.05) is 11.9 Å². The fraction of sp³-hybridized carbons (Fsp3) is 0.278. The molecule has 0 aliphatic carbocycles. The Labute approximate surface area is 148 Å². The lowest BCUT2D eigenvalue weighted by atomic mass is 10.2. The van der Waals surface area contributed by atoms with E-state index >= 15 is 0 Å². The highest BCUT2D eigenvalue weighted by Crippen LogP contribution is 2.33. The van der Waals surface area contributed by atoms with Crippen molar-refractivity contribution in [2.45, 2.75) is 25.9 Å². The molecule has 0 heterocycles. The van der Waals surface area contributed by atoms with Crippen molar-refractivity contribution in [3.63, 3.8) is 0 Å². The fourth-order valence-corrected chi connectivity index (χ4v) is 2.31. The van der Waals surface area contributed by atoms with Crippen LogP contribution in [0.15, 0.2) is 42.5 Å². The normalized spacial score (nSPS) is 11.2. The number of para-hydroxylation sites is 1. The zero-order chi connectivity index (χ0) is 18.4. The second kappa shape index (κ2) is 8.25. The lowest BCUT2D eigenvalue weighted by Gasteiger charge is -2.12. The average Bonchev–Trinajstić information content (AvgIpc) is 2.54. The van der Waals surface area contributed by atoms with Gasteiger partial charge in [0.25, 0.3) is 0 Å². The average molecular weight is 372 g/mol. The van der Waals surface area contributed by atoms with Crippen LogP contribution in [0.3, 0.4) is 0 Å². The molecule has 0 saturated carbocycles. The van der Waals surface area contributed by atoms with E-state index in [0.717, 1.165) is 29.5 Å². The summed E-state index contributed by atoms with van der Waals surface area (Å²) in [4.78, 5) is 11.9. The summed E-state index contributed by atoms with van der Waals surface area (Å²) in [5.41, 5.74) is 0.0686. The molecule has 0 aromatic heterocycles. The summed E-state index contributed by atoms with van der Waals surface area (Å²) in [6.45, 7) is 2.24. The zero-order valence-electron chi connectivity index (χ0n) is 13.5. The van der Waals surface area contributed by atoms with Gasteiger partial charge in [-0.25, -0.2) is 0 Å². The molecule has 0 radical (unpaired) electrons. The minimum atomic E-state index is -4.49. The summed E-state index contributed by atoms with van der Waals surface area (Å²) in [5.74, 6) is 0.318. The first-order chi connectivity index (χ1) is 11.8. The van der Waals surface area contributed by atoms with Crippen molar-refractivity contribution in [3.05, 3.63) is 58.6 Å². The number of alkyl halides is 3. The minimum Gasteiger partial charge on any atom is -0.493 e. The predicted molar refractivity (Wildman–Crippen MR) is 91.0 cm³/mol. The molecule has 2 aromatic rings. The number of carbonyl (C=O) groups excluding carboxylic acids is 1. The van der Waals surface area contributed by atoms with Crippen molar-refractivity contribution in [1.82, 2.24) is 0 Å². The molecule has 0 aliphatic rings. The van der Waals surface area contributed by atoms with Crippen molar-refractivity contribution in [3.8, 4) is 5.75 Å². The highest BCUT2D eigenvalue weighted by atomic mass is 35.5. The first-order valence-electron chi connectivity index (χ1n) is 7.62. The number of anilines is 1. The van der Waals surface area contributed by atoms with E-state index in [2.05, 4.69) is 5.32 Å². The van der Waals surface area contributed by atoms with Crippen LogP contribution in [0, 0.1) is 6.92 Å². The second-order valence-electron chi connectivity index (χ2n) is 5.46. The number of amides is 1.